The van der Waals surface area contributed by atoms with Crippen LogP contribution in [-0.4, -0.2) is 0 Å². The molecule has 0 atom stereocenters. The maximum absolute atomic E-state index is 4.05. The summed E-state index contributed by atoms with van der Waals surface area (Å²) in [5, 5.41) is 0. The van der Waals surface area contributed by atoms with Crippen LogP contribution in [0.2, 0.25) is 0 Å². The minimum Gasteiger partial charge on any atom is -0.0990 e. The molecule has 0 fully saturated rings. The van der Waals surface area contributed by atoms with Crippen molar-refractivity contribution in [2.45, 2.75) is 20.3 Å². The zero-order valence-corrected chi connectivity index (χ0v) is 8.43. The second kappa shape index (κ2) is 4.08. The zero-order chi connectivity index (χ0) is 9.84. The Balaban J connectivity index is 3.08. The molecule has 0 heteroatoms. The monoisotopic (exact) mass is 172 g/mol. The van der Waals surface area contributed by atoms with E-state index < -0.39 is 0 Å². The highest BCUT2D eigenvalue weighted by molar-refractivity contribution is 5.58. The standard InChI is InChI=1S/C13H16/c1-5-7-12-9-10(3)13(8-6-2)11(12)4/h5-8H,2-3,9H2,1,4H3/b7-5-,13-8+. The molecular formula is C13H16. The Bertz CT molecular complexity index is 322. The number of hydrogen-bond donors (Lipinski definition) is 0. The molecule has 0 saturated heterocycles. The smallest absolute Gasteiger partial charge is 0.00229 e. The summed E-state index contributed by atoms with van der Waals surface area (Å²) in [7, 11) is 0. The van der Waals surface area contributed by atoms with E-state index in [-0.39, 0.29) is 0 Å². The maximum Gasteiger partial charge on any atom is -0.00229 e. The SMILES string of the molecule is C=C/C=C1\C(=C)CC(/C=C\C)=C1C. The highest BCUT2D eigenvalue weighted by atomic mass is 14.2. The van der Waals surface area contributed by atoms with Crippen LogP contribution >= 0.6 is 0 Å². The molecule has 0 aliphatic heterocycles. The van der Waals surface area contributed by atoms with Gasteiger partial charge in [0.05, 0.1) is 0 Å². The van der Waals surface area contributed by atoms with Crippen LogP contribution < -0.4 is 0 Å². The fraction of sp³-hybridized carbons (Fsp3) is 0.231. The predicted molar refractivity (Wildman–Crippen MR) is 59.6 cm³/mol. The van der Waals surface area contributed by atoms with E-state index in [0.717, 1.165) is 6.42 Å². The fourth-order valence-electron chi connectivity index (χ4n) is 1.64. The maximum atomic E-state index is 4.05. The Kier molecular flexibility index (Phi) is 3.07. The zero-order valence-electron chi connectivity index (χ0n) is 8.43. The molecule has 0 nitrogen and oxygen atoms in total. The molecule has 0 spiro atoms. The van der Waals surface area contributed by atoms with Crippen LogP contribution in [0.5, 0.6) is 0 Å². The number of hydrogen-bond acceptors (Lipinski definition) is 0. The highest BCUT2D eigenvalue weighted by Crippen LogP contribution is 2.35. The molecule has 68 valence electrons. The van der Waals surface area contributed by atoms with Crippen LogP contribution in [0.4, 0.5) is 0 Å². The minimum atomic E-state index is 0.982. The molecule has 1 rings (SSSR count). The summed E-state index contributed by atoms with van der Waals surface area (Å²) in [6.45, 7) is 11.9. The lowest BCUT2D eigenvalue weighted by molar-refractivity contribution is 1.26. The third-order valence-corrected chi connectivity index (χ3v) is 2.32. The molecule has 0 heterocycles. The average Bonchev–Trinajstić information content (AvgIpc) is 2.34. The van der Waals surface area contributed by atoms with Gasteiger partial charge in [0.25, 0.3) is 0 Å². The molecule has 0 amide bonds. The van der Waals surface area contributed by atoms with E-state index in [9.17, 15) is 0 Å². The van der Waals surface area contributed by atoms with Crippen LogP contribution in [0.3, 0.4) is 0 Å². The van der Waals surface area contributed by atoms with Crippen molar-refractivity contribution >= 4 is 0 Å². The summed E-state index contributed by atoms with van der Waals surface area (Å²) in [5.74, 6) is 0. The van der Waals surface area contributed by atoms with E-state index in [2.05, 4.69) is 32.2 Å². The van der Waals surface area contributed by atoms with E-state index in [1.54, 1.807) is 0 Å². The van der Waals surface area contributed by atoms with Crippen molar-refractivity contribution in [3.63, 3.8) is 0 Å². The van der Waals surface area contributed by atoms with E-state index in [1.165, 1.54) is 22.3 Å². The second-order valence-corrected chi connectivity index (χ2v) is 3.25. The van der Waals surface area contributed by atoms with Crippen molar-refractivity contribution in [1.29, 1.82) is 0 Å². The Morgan fingerprint density at radius 2 is 2.08 bits per heavy atom. The van der Waals surface area contributed by atoms with Gasteiger partial charge in [0.15, 0.2) is 0 Å². The summed E-state index contributed by atoms with van der Waals surface area (Å²) >= 11 is 0. The van der Waals surface area contributed by atoms with Crippen LogP contribution in [-0.2, 0) is 0 Å². The highest BCUT2D eigenvalue weighted by Gasteiger charge is 2.16. The van der Waals surface area contributed by atoms with Gasteiger partial charge in [-0.1, -0.05) is 37.5 Å². The molecule has 1 aliphatic carbocycles. The van der Waals surface area contributed by atoms with Crippen molar-refractivity contribution in [3.8, 4) is 0 Å². The molecule has 0 aromatic rings. The van der Waals surface area contributed by atoms with Gasteiger partial charge >= 0.3 is 0 Å². The first-order valence-corrected chi connectivity index (χ1v) is 4.54. The van der Waals surface area contributed by atoms with E-state index in [4.69, 9.17) is 0 Å². The van der Waals surface area contributed by atoms with Crippen LogP contribution in [0.15, 0.2) is 59.8 Å². The van der Waals surface area contributed by atoms with Gasteiger partial charge in [0.2, 0.25) is 0 Å². The fourth-order valence-corrected chi connectivity index (χ4v) is 1.64. The molecule has 0 N–H and O–H groups in total. The lowest BCUT2D eigenvalue weighted by Crippen LogP contribution is -1.79. The quantitative estimate of drug-likeness (QED) is 0.591. The van der Waals surface area contributed by atoms with Gasteiger partial charge in [0.1, 0.15) is 0 Å². The lowest BCUT2D eigenvalue weighted by atomic mass is 10.1. The molecule has 1 aliphatic rings. The topological polar surface area (TPSA) is 0 Å². The van der Waals surface area contributed by atoms with Gasteiger partial charge < -0.3 is 0 Å². The molecule has 0 aromatic carbocycles. The van der Waals surface area contributed by atoms with Crippen LogP contribution in [0.25, 0.3) is 0 Å². The van der Waals surface area contributed by atoms with Crippen molar-refractivity contribution in [2.24, 2.45) is 0 Å². The number of allylic oxidation sites excluding steroid dienone is 8. The van der Waals surface area contributed by atoms with E-state index in [0.29, 0.717) is 0 Å². The van der Waals surface area contributed by atoms with Gasteiger partial charge in [-0.3, -0.25) is 0 Å². The van der Waals surface area contributed by atoms with E-state index in [1.807, 2.05) is 19.1 Å². The van der Waals surface area contributed by atoms with Gasteiger partial charge in [-0.2, -0.15) is 0 Å². The number of rotatable bonds is 2. The second-order valence-electron chi connectivity index (χ2n) is 3.25. The first kappa shape index (κ1) is 9.79. The Labute approximate surface area is 80.7 Å². The first-order chi connectivity index (χ1) is 6.20. The van der Waals surface area contributed by atoms with Crippen molar-refractivity contribution in [2.75, 3.05) is 0 Å². The van der Waals surface area contributed by atoms with Crippen molar-refractivity contribution in [1.82, 2.24) is 0 Å². The van der Waals surface area contributed by atoms with Crippen molar-refractivity contribution < 1.29 is 0 Å². The molecule has 0 aromatic heterocycles. The molecular weight excluding hydrogens is 156 g/mol. The normalized spacial score (nSPS) is 20.8. The summed E-state index contributed by atoms with van der Waals surface area (Å²) in [6.07, 6.45) is 9.07. The third-order valence-electron chi connectivity index (χ3n) is 2.32. The van der Waals surface area contributed by atoms with Gasteiger partial charge in [-0.05, 0) is 42.6 Å². The predicted octanol–water partition coefficient (Wildman–Crippen LogP) is 3.95. The molecule has 0 unspecified atom stereocenters. The molecule has 0 bridgehead atoms. The summed E-state index contributed by atoms with van der Waals surface area (Å²) in [6, 6.07) is 0. The minimum absolute atomic E-state index is 0.982. The Hall–Kier alpha value is -1.30. The third kappa shape index (κ3) is 1.89. The van der Waals surface area contributed by atoms with Gasteiger partial charge in [-0.15, -0.1) is 0 Å². The summed E-state index contributed by atoms with van der Waals surface area (Å²) < 4.78 is 0. The van der Waals surface area contributed by atoms with Crippen LogP contribution in [0.1, 0.15) is 20.3 Å². The molecule has 0 saturated carbocycles. The van der Waals surface area contributed by atoms with Gasteiger partial charge in [-0.25, -0.2) is 0 Å². The summed E-state index contributed by atoms with van der Waals surface area (Å²) in [4.78, 5) is 0. The lowest BCUT2D eigenvalue weighted by Gasteiger charge is -1.98. The van der Waals surface area contributed by atoms with Crippen molar-refractivity contribution in [3.05, 3.63) is 59.8 Å². The Morgan fingerprint density at radius 3 is 2.62 bits per heavy atom. The van der Waals surface area contributed by atoms with E-state index >= 15 is 0 Å². The average molecular weight is 172 g/mol. The molecule has 13 heavy (non-hydrogen) atoms. The Morgan fingerprint density at radius 1 is 1.38 bits per heavy atom. The first-order valence-electron chi connectivity index (χ1n) is 4.54. The summed E-state index contributed by atoms with van der Waals surface area (Å²) in [5.41, 5.74) is 5.16. The van der Waals surface area contributed by atoms with Crippen LogP contribution in [0, 0.1) is 0 Å². The largest absolute Gasteiger partial charge is 0.0990 e. The van der Waals surface area contributed by atoms with Gasteiger partial charge in [0, 0.05) is 0 Å². The molecule has 0 radical (unpaired) electrons.